The first-order chi connectivity index (χ1) is 8.69. The molecule has 1 aliphatic rings. The van der Waals surface area contributed by atoms with E-state index in [2.05, 4.69) is 4.98 Å². The van der Waals surface area contributed by atoms with E-state index in [9.17, 15) is 4.79 Å². The van der Waals surface area contributed by atoms with Gasteiger partial charge >= 0.3 is 0 Å². The molecule has 4 N–H and O–H groups in total. The van der Waals surface area contributed by atoms with E-state index < -0.39 is 0 Å². The van der Waals surface area contributed by atoms with Crippen molar-refractivity contribution >= 4 is 11.6 Å². The average Bonchev–Trinajstić information content (AvgIpc) is 2.39. The summed E-state index contributed by atoms with van der Waals surface area (Å²) in [6.07, 6.45) is 6.28. The van der Waals surface area contributed by atoms with Crippen molar-refractivity contribution in [1.82, 2.24) is 4.98 Å². The van der Waals surface area contributed by atoms with E-state index >= 15 is 0 Å². The molecule has 4 heteroatoms. The Morgan fingerprint density at radius 3 is 2.67 bits per heavy atom. The fraction of sp³-hybridized carbons (Fsp3) is 0.571. The van der Waals surface area contributed by atoms with E-state index in [0.29, 0.717) is 23.9 Å². The Kier molecular flexibility index (Phi) is 4.31. The van der Waals surface area contributed by atoms with Crippen LogP contribution in [0.5, 0.6) is 0 Å². The smallest absolute Gasteiger partial charge is 0.140 e. The molecule has 4 nitrogen and oxygen atoms in total. The average molecular weight is 247 g/mol. The number of anilines is 1. The largest absolute Gasteiger partial charge is 0.384 e. The molecule has 0 atom stereocenters. The van der Waals surface area contributed by atoms with Gasteiger partial charge in [0.2, 0.25) is 0 Å². The van der Waals surface area contributed by atoms with Gasteiger partial charge in [0.25, 0.3) is 0 Å². The Labute approximate surface area is 108 Å². The lowest BCUT2D eigenvalue weighted by molar-refractivity contribution is -0.123. The minimum absolute atomic E-state index is 0.210. The van der Waals surface area contributed by atoms with Gasteiger partial charge in [0.05, 0.1) is 0 Å². The van der Waals surface area contributed by atoms with E-state index in [1.165, 1.54) is 0 Å². The van der Waals surface area contributed by atoms with Crippen LogP contribution in [0.1, 0.15) is 31.2 Å². The number of carbonyl (C=O) groups excluding carboxylic acids is 1. The van der Waals surface area contributed by atoms with Crippen molar-refractivity contribution in [1.29, 1.82) is 0 Å². The number of ketones is 1. The topological polar surface area (TPSA) is 82.0 Å². The zero-order valence-corrected chi connectivity index (χ0v) is 10.6. The van der Waals surface area contributed by atoms with Crippen molar-refractivity contribution in [2.45, 2.75) is 32.1 Å². The number of hydrogen-bond acceptors (Lipinski definition) is 4. The number of nitrogen functional groups attached to an aromatic ring is 1. The van der Waals surface area contributed by atoms with Gasteiger partial charge in [0, 0.05) is 18.5 Å². The predicted molar refractivity (Wildman–Crippen MR) is 71.9 cm³/mol. The number of carbonyl (C=O) groups is 1. The molecular formula is C14H21N3O. The summed E-state index contributed by atoms with van der Waals surface area (Å²) in [5.41, 5.74) is 12.2. The summed E-state index contributed by atoms with van der Waals surface area (Å²) in [6, 6.07) is 3.64. The fourth-order valence-electron chi connectivity index (χ4n) is 2.67. The van der Waals surface area contributed by atoms with Crippen LogP contribution in [0.3, 0.4) is 0 Å². The maximum atomic E-state index is 12.2. The van der Waals surface area contributed by atoms with E-state index in [1.807, 2.05) is 6.07 Å². The van der Waals surface area contributed by atoms with Crippen LogP contribution < -0.4 is 11.5 Å². The first kappa shape index (κ1) is 13.0. The van der Waals surface area contributed by atoms with E-state index in [-0.39, 0.29) is 5.92 Å². The van der Waals surface area contributed by atoms with Gasteiger partial charge in [0.15, 0.2) is 0 Å². The normalized spacial score (nSPS) is 23.8. The molecule has 0 radical (unpaired) electrons. The van der Waals surface area contributed by atoms with Gasteiger partial charge in [-0.25, -0.2) is 4.98 Å². The van der Waals surface area contributed by atoms with Gasteiger partial charge in [-0.05, 0) is 55.8 Å². The number of hydrogen-bond donors (Lipinski definition) is 2. The van der Waals surface area contributed by atoms with E-state index in [4.69, 9.17) is 11.5 Å². The Hall–Kier alpha value is -1.42. The summed E-state index contributed by atoms with van der Waals surface area (Å²) in [7, 11) is 0. The van der Waals surface area contributed by atoms with Gasteiger partial charge in [-0.3, -0.25) is 4.79 Å². The molecule has 0 unspecified atom stereocenters. The molecule has 0 amide bonds. The highest BCUT2D eigenvalue weighted by Gasteiger charge is 2.25. The van der Waals surface area contributed by atoms with Crippen molar-refractivity contribution in [3.8, 4) is 0 Å². The summed E-state index contributed by atoms with van der Waals surface area (Å²) in [4.78, 5) is 16.1. The van der Waals surface area contributed by atoms with Crippen molar-refractivity contribution < 1.29 is 4.79 Å². The van der Waals surface area contributed by atoms with Crippen LogP contribution in [0.15, 0.2) is 18.3 Å². The van der Waals surface area contributed by atoms with Crippen molar-refractivity contribution in [2.75, 3.05) is 12.3 Å². The number of Topliss-reactive ketones (excluding diaryl/α,β-unsaturated/α-hetero) is 1. The van der Waals surface area contributed by atoms with Crippen molar-refractivity contribution in [3.63, 3.8) is 0 Å². The molecule has 0 spiro atoms. The number of pyridine rings is 1. The van der Waals surface area contributed by atoms with E-state index in [1.54, 1.807) is 12.3 Å². The lowest BCUT2D eigenvalue weighted by Crippen LogP contribution is -2.26. The molecule has 1 heterocycles. The second-order valence-electron chi connectivity index (χ2n) is 5.19. The Morgan fingerprint density at radius 1 is 1.33 bits per heavy atom. The van der Waals surface area contributed by atoms with Gasteiger partial charge in [-0.2, -0.15) is 0 Å². The van der Waals surface area contributed by atoms with Crippen LogP contribution in [0.2, 0.25) is 0 Å². The summed E-state index contributed by atoms with van der Waals surface area (Å²) >= 11 is 0. The highest BCUT2D eigenvalue weighted by atomic mass is 16.1. The van der Waals surface area contributed by atoms with Crippen LogP contribution in [0.25, 0.3) is 0 Å². The Morgan fingerprint density at radius 2 is 2.06 bits per heavy atom. The standard InChI is InChI=1S/C14H21N3O/c15-9-10-1-3-12(4-2-10)13(18)7-11-5-6-17-14(16)8-11/h5-6,8,10,12H,1-4,7,9,15H2,(H2,16,17). The molecule has 2 rings (SSSR count). The maximum absolute atomic E-state index is 12.2. The Balaban J connectivity index is 1.89. The lowest BCUT2D eigenvalue weighted by atomic mass is 9.79. The van der Waals surface area contributed by atoms with Gasteiger partial charge in [-0.1, -0.05) is 0 Å². The molecule has 1 saturated carbocycles. The third kappa shape index (κ3) is 3.29. The number of nitrogens with two attached hydrogens (primary N) is 2. The lowest BCUT2D eigenvalue weighted by Gasteiger charge is -2.26. The molecule has 0 aliphatic heterocycles. The van der Waals surface area contributed by atoms with Gasteiger partial charge in [0.1, 0.15) is 11.6 Å². The molecule has 0 aromatic carbocycles. The molecule has 1 aromatic rings. The van der Waals surface area contributed by atoms with Crippen LogP contribution in [0, 0.1) is 11.8 Å². The van der Waals surface area contributed by atoms with E-state index in [0.717, 1.165) is 37.8 Å². The third-order valence-electron chi connectivity index (χ3n) is 3.86. The highest BCUT2D eigenvalue weighted by molar-refractivity contribution is 5.83. The fourth-order valence-corrected chi connectivity index (χ4v) is 2.67. The summed E-state index contributed by atoms with van der Waals surface area (Å²) < 4.78 is 0. The SMILES string of the molecule is NCC1CCC(C(=O)Cc2ccnc(N)c2)CC1. The number of rotatable bonds is 4. The van der Waals surface area contributed by atoms with Crippen LogP contribution >= 0.6 is 0 Å². The van der Waals surface area contributed by atoms with Crippen LogP contribution in [-0.2, 0) is 11.2 Å². The second-order valence-corrected chi connectivity index (χ2v) is 5.19. The summed E-state index contributed by atoms with van der Waals surface area (Å²) in [5.74, 6) is 1.64. The third-order valence-corrected chi connectivity index (χ3v) is 3.86. The number of nitrogens with zero attached hydrogens (tertiary/aromatic N) is 1. The molecular weight excluding hydrogens is 226 g/mol. The quantitative estimate of drug-likeness (QED) is 0.845. The highest BCUT2D eigenvalue weighted by Crippen LogP contribution is 2.29. The molecule has 0 saturated heterocycles. The molecule has 1 aliphatic carbocycles. The zero-order valence-electron chi connectivity index (χ0n) is 10.6. The van der Waals surface area contributed by atoms with Gasteiger partial charge in [-0.15, -0.1) is 0 Å². The van der Waals surface area contributed by atoms with Gasteiger partial charge < -0.3 is 11.5 Å². The van der Waals surface area contributed by atoms with Crippen LogP contribution in [0.4, 0.5) is 5.82 Å². The minimum Gasteiger partial charge on any atom is -0.384 e. The molecule has 0 bridgehead atoms. The summed E-state index contributed by atoms with van der Waals surface area (Å²) in [5, 5.41) is 0. The first-order valence-electron chi connectivity index (χ1n) is 6.62. The number of aromatic nitrogens is 1. The van der Waals surface area contributed by atoms with Crippen LogP contribution in [-0.4, -0.2) is 17.3 Å². The minimum atomic E-state index is 0.210. The molecule has 1 fully saturated rings. The summed E-state index contributed by atoms with van der Waals surface area (Å²) in [6.45, 7) is 0.752. The maximum Gasteiger partial charge on any atom is 0.140 e. The predicted octanol–water partition coefficient (Wildman–Crippen LogP) is 1.54. The Bertz CT molecular complexity index is 411. The van der Waals surface area contributed by atoms with Crippen molar-refractivity contribution in [2.24, 2.45) is 17.6 Å². The first-order valence-corrected chi connectivity index (χ1v) is 6.62. The molecule has 98 valence electrons. The molecule has 1 aromatic heterocycles. The second kappa shape index (κ2) is 5.96. The van der Waals surface area contributed by atoms with Crippen molar-refractivity contribution in [3.05, 3.63) is 23.9 Å². The monoisotopic (exact) mass is 247 g/mol. The zero-order chi connectivity index (χ0) is 13.0. The molecule has 18 heavy (non-hydrogen) atoms.